The summed E-state index contributed by atoms with van der Waals surface area (Å²) in [5, 5.41) is 2.35. The largest absolute Gasteiger partial charge is 0.338 e. The number of ketones is 2. The molecule has 98 valence electrons. The van der Waals surface area contributed by atoms with Gasteiger partial charge >= 0.3 is 0 Å². The summed E-state index contributed by atoms with van der Waals surface area (Å²) in [6, 6.07) is -1.79. The average molecular weight is 243 g/mol. The second kappa shape index (κ2) is 7.92. The lowest BCUT2D eigenvalue weighted by Crippen LogP contribution is -2.50. The van der Waals surface area contributed by atoms with Crippen molar-refractivity contribution in [2.24, 2.45) is 11.5 Å². The van der Waals surface area contributed by atoms with E-state index >= 15 is 0 Å². The molecular weight excluding hydrogens is 222 g/mol. The van der Waals surface area contributed by atoms with Crippen LogP contribution in [0.1, 0.15) is 33.1 Å². The zero-order chi connectivity index (χ0) is 13.4. The van der Waals surface area contributed by atoms with Gasteiger partial charge in [-0.3, -0.25) is 14.4 Å². The third-order valence-electron chi connectivity index (χ3n) is 2.41. The van der Waals surface area contributed by atoms with Crippen molar-refractivity contribution in [3.8, 4) is 0 Å². The Morgan fingerprint density at radius 3 is 2.06 bits per heavy atom. The van der Waals surface area contributed by atoms with Crippen LogP contribution in [0.15, 0.2) is 0 Å². The number of hydrogen-bond acceptors (Lipinski definition) is 5. The summed E-state index contributed by atoms with van der Waals surface area (Å²) >= 11 is 0. The highest BCUT2D eigenvalue weighted by atomic mass is 16.2. The minimum Gasteiger partial charge on any atom is -0.338 e. The fourth-order valence-corrected chi connectivity index (χ4v) is 1.38. The molecular formula is C11H21N3O3. The highest BCUT2D eigenvalue weighted by Crippen LogP contribution is 1.99. The molecule has 1 unspecified atom stereocenters. The lowest BCUT2D eigenvalue weighted by atomic mass is 10.1. The lowest BCUT2D eigenvalue weighted by Gasteiger charge is -2.16. The van der Waals surface area contributed by atoms with Gasteiger partial charge in [0.1, 0.15) is 6.04 Å². The van der Waals surface area contributed by atoms with Crippen LogP contribution in [0.5, 0.6) is 0 Å². The van der Waals surface area contributed by atoms with Crippen molar-refractivity contribution in [2.75, 3.05) is 6.54 Å². The first kappa shape index (κ1) is 15.7. The van der Waals surface area contributed by atoms with E-state index < -0.39 is 18.0 Å². The highest BCUT2D eigenvalue weighted by Gasteiger charge is 2.24. The Morgan fingerprint density at radius 2 is 1.65 bits per heavy atom. The Morgan fingerprint density at radius 1 is 1.12 bits per heavy atom. The second-order valence-corrected chi connectivity index (χ2v) is 4.05. The summed E-state index contributed by atoms with van der Waals surface area (Å²) < 4.78 is 0. The number of unbranched alkanes of at least 4 members (excludes halogenated alkanes) is 1. The molecule has 6 nitrogen and oxygen atoms in total. The lowest BCUT2D eigenvalue weighted by molar-refractivity contribution is -0.133. The van der Waals surface area contributed by atoms with E-state index in [-0.39, 0.29) is 11.6 Å². The second-order valence-electron chi connectivity index (χ2n) is 4.05. The van der Waals surface area contributed by atoms with E-state index in [4.69, 9.17) is 11.5 Å². The number of amides is 1. The maximum absolute atomic E-state index is 11.6. The van der Waals surface area contributed by atoms with Crippen LogP contribution in [0.3, 0.4) is 0 Å². The van der Waals surface area contributed by atoms with Gasteiger partial charge in [-0.1, -0.05) is 6.42 Å². The summed E-state index contributed by atoms with van der Waals surface area (Å²) in [4.78, 5) is 33.8. The molecule has 0 heterocycles. The monoisotopic (exact) mass is 243 g/mol. The molecule has 17 heavy (non-hydrogen) atoms. The molecule has 1 atom stereocenters. The quantitative estimate of drug-likeness (QED) is 0.377. The van der Waals surface area contributed by atoms with Gasteiger partial charge in [0, 0.05) is 0 Å². The van der Waals surface area contributed by atoms with Gasteiger partial charge in [-0.15, -0.1) is 0 Å². The van der Waals surface area contributed by atoms with Crippen molar-refractivity contribution >= 4 is 17.5 Å². The Labute approximate surface area is 101 Å². The highest BCUT2D eigenvalue weighted by molar-refractivity contribution is 6.07. The molecule has 0 aliphatic carbocycles. The molecule has 0 aromatic carbocycles. The van der Waals surface area contributed by atoms with E-state index in [1.54, 1.807) is 0 Å². The minimum atomic E-state index is -1.08. The van der Waals surface area contributed by atoms with Crippen LogP contribution >= 0.6 is 0 Å². The maximum Gasteiger partial charge on any atom is 0.237 e. The van der Waals surface area contributed by atoms with Crippen LogP contribution in [0.4, 0.5) is 0 Å². The van der Waals surface area contributed by atoms with E-state index in [9.17, 15) is 14.4 Å². The van der Waals surface area contributed by atoms with Crippen molar-refractivity contribution in [3.63, 3.8) is 0 Å². The van der Waals surface area contributed by atoms with Crippen LogP contribution in [-0.4, -0.2) is 36.1 Å². The number of Topliss-reactive ketones (excluding diaryl/α,β-unsaturated/α-hetero) is 2. The van der Waals surface area contributed by atoms with E-state index in [0.29, 0.717) is 13.0 Å². The molecule has 0 bridgehead atoms. The van der Waals surface area contributed by atoms with Crippen molar-refractivity contribution in [1.82, 2.24) is 5.32 Å². The van der Waals surface area contributed by atoms with Crippen LogP contribution in [-0.2, 0) is 14.4 Å². The number of nitrogens with two attached hydrogens (primary N) is 2. The summed E-state index contributed by atoms with van der Waals surface area (Å²) in [6.45, 7) is 3.07. The van der Waals surface area contributed by atoms with Crippen molar-refractivity contribution in [3.05, 3.63) is 0 Å². The summed E-state index contributed by atoms with van der Waals surface area (Å²) in [7, 11) is 0. The molecule has 1 amide bonds. The van der Waals surface area contributed by atoms with Gasteiger partial charge < -0.3 is 16.8 Å². The van der Waals surface area contributed by atoms with E-state index in [0.717, 1.165) is 12.8 Å². The predicted octanol–water partition coefficient (Wildman–Crippen LogP) is -0.894. The first-order chi connectivity index (χ1) is 7.90. The Kier molecular flexibility index (Phi) is 7.32. The molecule has 6 heteroatoms. The fraction of sp³-hybridized carbons (Fsp3) is 0.727. The number of rotatable bonds is 8. The third-order valence-corrected chi connectivity index (χ3v) is 2.41. The van der Waals surface area contributed by atoms with Crippen LogP contribution < -0.4 is 16.8 Å². The summed E-state index contributed by atoms with van der Waals surface area (Å²) in [5.41, 5.74) is 11.0. The zero-order valence-electron chi connectivity index (χ0n) is 10.4. The molecule has 0 saturated heterocycles. The van der Waals surface area contributed by atoms with Crippen LogP contribution in [0.2, 0.25) is 0 Å². The molecule has 5 N–H and O–H groups in total. The molecule has 0 aromatic heterocycles. The van der Waals surface area contributed by atoms with E-state index in [1.807, 2.05) is 0 Å². The van der Waals surface area contributed by atoms with Crippen molar-refractivity contribution in [2.45, 2.75) is 45.2 Å². The van der Waals surface area contributed by atoms with Gasteiger partial charge in [-0.05, 0) is 33.2 Å². The topological polar surface area (TPSA) is 115 Å². The smallest absolute Gasteiger partial charge is 0.237 e. The van der Waals surface area contributed by atoms with E-state index in [2.05, 4.69) is 5.32 Å². The molecule has 0 radical (unpaired) electrons. The number of hydrogen-bond donors (Lipinski definition) is 3. The van der Waals surface area contributed by atoms with Gasteiger partial charge in [-0.25, -0.2) is 0 Å². The molecule has 0 aliphatic heterocycles. The Hall–Kier alpha value is -1.27. The first-order valence-electron chi connectivity index (χ1n) is 5.67. The molecule has 0 aliphatic rings. The minimum absolute atomic E-state index is 0.389. The normalized spacial score (nSPS) is 12.3. The Bertz CT molecular complexity index is 278. The summed E-state index contributed by atoms with van der Waals surface area (Å²) in [6.07, 6.45) is 2.03. The van der Waals surface area contributed by atoms with Crippen molar-refractivity contribution < 1.29 is 14.4 Å². The number of nitrogens with one attached hydrogen (secondary N) is 1. The van der Waals surface area contributed by atoms with Gasteiger partial charge in [0.25, 0.3) is 0 Å². The van der Waals surface area contributed by atoms with Crippen molar-refractivity contribution in [1.29, 1.82) is 0 Å². The van der Waals surface area contributed by atoms with Gasteiger partial charge in [0.2, 0.25) is 5.91 Å². The standard InChI is InChI=1S/C11H21N3O3/c1-7(15)10(8(2)16)14-11(17)9(13)5-3-4-6-12/h9-10H,3-6,12-13H2,1-2H3,(H,14,17). The predicted molar refractivity (Wildman–Crippen MR) is 64.2 cm³/mol. The average Bonchev–Trinajstić information content (AvgIpc) is 2.24. The van der Waals surface area contributed by atoms with Gasteiger partial charge in [0.05, 0.1) is 6.04 Å². The SMILES string of the molecule is CC(=O)C(NC(=O)C(N)CCCCN)C(C)=O. The molecule has 0 saturated carbocycles. The third kappa shape index (κ3) is 6.13. The molecule has 0 spiro atoms. The van der Waals surface area contributed by atoms with E-state index in [1.165, 1.54) is 13.8 Å². The van der Waals surface area contributed by atoms with Crippen LogP contribution in [0, 0.1) is 0 Å². The number of carbonyl (C=O) groups excluding carboxylic acids is 3. The molecule has 0 fully saturated rings. The fourth-order valence-electron chi connectivity index (χ4n) is 1.38. The van der Waals surface area contributed by atoms with Gasteiger partial charge in [0.15, 0.2) is 11.6 Å². The number of carbonyl (C=O) groups is 3. The van der Waals surface area contributed by atoms with Gasteiger partial charge in [-0.2, -0.15) is 0 Å². The summed E-state index contributed by atoms with van der Waals surface area (Å²) in [5.74, 6) is -1.25. The first-order valence-corrected chi connectivity index (χ1v) is 5.67. The molecule has 0 aromatic rings. The Balaban J connectivity index is 4.21. The molecule has 0 rings (SSSR count). The van der Waals surface area contributed by atoms with Crippen LogP contribution in [0.25, 0.3) is 0 Å². The maximum atomic E-state index is 11.6. The zero-order valence-corrected chi connectivity index (χ0v) is 10.4.